The summed E-state index contributed by atoms with van der Waals surface area (Å²) in [4.78, 5) is 35.4. The molecular formula is C22H24BrN7O2. The van der Waals surface area contributed by atoms with Crippen molar-refractivity contribution in [1.29, 1.82) is 0 Å². The van der Waals surface area contributed by atoms with E-state index in [1.807, 2.05) is 29.3 Å². The molecule has 2 aliphatic rings. The van der Waals surface area contributed by atoms with Gasteiger partial charge in [0, 0.05) is 50.4 Å². The van der Waals surface area contributed by atoms with Crippen molar-refractivity contribution in [2.24, 2.45) is 0 Å². The van der Waals surface area contributed by atoms with Crippen LogP contribution in [0.25, 0.3) is 5.65 Å². The van der Waals surface area contributed by atoms with Crippen LogP contribution in [0.3, 0.4) is 0 Å². The number of anilines is 1. The molecule has 0 aromatic carbocycles. The van der Waals surface area contributed by atoms with E-state index in [-0.39, 0.29) is 17.7 Å². The van der Waals surface area contributed by atoms with Crippen molar-refractivity contribution in [3.8, 4) is 0 Å². The summed E-state index contributed by atoms with van der Waals surface area (Å²) < 4.78 is 2.60. The highest BCUT2D eigenvalue weighted by Crippen LogP contribution is 2.30. The Balaban J connectivity index is 1.38. The second kappa shape index (κ2) is 8.85. The highest BCUT2D eigenvalue weighted by Gasteiger charge is 2.34. The number of halogens is 1. The fourth-order valence-electron chi connectivity index (χ4n) is 4.42. The van der Waals surface area contributed by atoms with Crippen LogP contribution in [-0.4, -0.2) is 55.4 Å². The van der Waals surface area contributed by atoms with Gasteiger partial charge in [0.25, 0.3) is 0 Å². The minimum atomic E-state index is -0.391. The van der Waals surface area contributed by atoms with E-state index in [0.717, 1.165) is 40.0 Å². The van der Waals surface area contributed by atoms with Gasteiger partial charge < -0.3 is 15.5 Å². The van der Waals surface area contributed by atoms with E-state index in [1.165, 1.54) is 0 Å². The monoisotopic (exact) mass is 497 g/mol. The van der Waals surface area contributed by atoms with Crippen molar-refractivity contribution >= 4 is 39.2 Å². The van der Waals surface area contributed by atoms with Gasteiger partial charge in [0.2, 0.25) is 11.8 Å². The van der Waals surface area contributed by atoms with Crippen molar-refractivity contribution in [3.05, 3.63) is 52.5 Å². The third kappa shape index (κ3) is 4.19. The molecular weight excluding hydrogens is 474 g/mol. The summed E-state index contributed by atoms with van der Waals surface area (Å²) in [6.07, 6.45) is 8.18. The Morgan fingerprint density at radius 2 is 2.22 bits per heavy atom. The smallest absolute Gasteiger partial charge is 0.245 e. The van der Waals surface area contributed by atoms with Gasteiger partial charge >= 0.3 is 0 Å². The summed E-state index contributed by atoms with van der Waals surface area (Å²) in [6.45, 7) is 1.93. The molecule has 166 valence electrons. The highest BCUT2D eigenvalue weighted by atomic mass is 79.9. The lowest BCUT2D eigenvalue weighted by atomic mass is 9.93. The number of carbonyl (C=O) groups is 2. The number of pyridine rings is 1. The Bertz CT molecular complexity index is 1150. The Labute approximate surface area is 193 Å². The zero-order chi connectivity index (χ0) is 22.1. The molecule has 0 aliphatic carbocycles. The van der Waals surface area contributed by atoms with E-state index in [4.69, 9.17) is 4.98 Å². The third-order valence-electron chi connectivity index (χ3n) is 6.09. The maximum Gasteiger partial charge on any atom is 0.245 e. The fourth-order valence-corrected chi connectivity index (χ4v) is 4.77. The van der Waals surface area contributed by atoms with E-state index < -0.39 is 6.04 Å². The fraction of sp³-hybridized carbons (Fsp3) is 0.409. The van der Waals surface area contributed by atoms with E-state index in [9.17, 15) is 9.59 Å². The molecule has 32 heavy (non-hydrogen) atoms. The molecule has 0 saturated carbocycles. The molecule has 5 heterocycles. The molecule has 2 fully saturated rings. The van der Waals surface area contributed by atoms with Crippen molar-refractivity contribution in [2.75, 3.05) is 18.4 Å². The number of fused-ring (bicyclic) bond motifs is 1. The van der Waals surface area contributed by atoms with Gasteiger partial charge in [-0.3, -0.25) is 14.6 Å². The molecule has 2 saturated heterocycles. The van der Waals surface area contributed by atoms with Gasteiger partial charge in [0.15, 0.2) is 5.65 Å². The van der Waals surface area contributed by atoms with Crippen LogP contribution in [0.15, 0.2) is 41.3 Å². The molecule has 3 aromatic heterocycles. The van der Waals surface area contributed by atoms with E-state index in [0.29, 0.717) is 32.5 Å². The largest absolute Gasteiger partial charge is 0.366 e. The SMILES string of the molecule is O=C1CCC(C(=O)N2CCCC(c3cc(NCc4cccnc4)n4ncc(Br)c4n3)C2)N1. The van der Waals surface area contributed by atoms with E-state index in [1.54, 1.807) is 16.9 Å². The molecule has 10 heteroatoms. The molecule has 2 aliphatic heterocycles. The van der Waals surface area contributed by atoms with E-state index >= 15 is 0 Å². The number of hydrogen-bond acceptors (Lipinski definition) is 6. The van der Waals surface area contributed by atoms with Gasteiger partial charge in [-0.1, -0.05) is 6.07 Å². The number of likely N-dealkylation sites (tertiary alicyclic amines) is 1. The first kappa shape index (κ1) is 20.9. The van der Waals surface area contributed by atoms with Crippen LogP contribution >= 0.6 is 15.9 Å². The van der Waals surface area contributed by atoms with Crippen LogP contribution in [0.4, 0.5) is 5.82 Å². The summed E-state index contributed by atoms with van der Waals surface area (Å²) in [5.41, 5.74) is 2.74. The summed E-state index contributed by atoms with van der Waals surface area (Å²) in [5, 5.41) is 10.7. The highest BCUT2D eigenvalue weighted by molar-refractivity contribution is 9.10. The lowest BCUT2D eigenvalue weighted by Crippen LogP contribution is -2.48. The summed E-state index contributed by atoms with van der Waals surface area (Å²) in [7, 11) is 0. The van der Waals surface area contributed by atoms with Gasteiger partial charge in [0.1, 0.15) is 11.9 Å². The summed E-state index contributed by atoms with van der Waals surface area (Å²) in [5.74, 6) is 0.933. The Kier molecular flexibility index (Phi) is 5.77. The maximum absolute atomic E-state index is 12.9. The topological polar surface area (TPSA) is 105 Å². The molecule has 5 rings (SSSR count). The third-order valence-corrected chi connectivity index (χ3v) is 6.65. The molecule has 2 amide bonds. The molecule has 2 N–H and O–H groups in total. The predicted octanol–water partition coefficient (Wildman–Crippen LogP) is 2.48. The predicted molar refractivity (Wildman–Crippen MR) is 122 cm³/mol. The minimum absolute atomic E-state index is 0.0158. The van der Waals surface area contributed by atoms with Gasteiger partial charge in [-0.15, -0.1) is 0 Å². The second-order valence-corrected chi connectivity index (χ2v) is 9.15. The molecule has 3 aromatic rings. The molecule has 0 spiro atoms. The first-order chi connectivity index (χ1) is 15.6. The van der Waals surface area contributed by atoms with E-state index in [2.05, 4.69) is 36.6 Å². The number of nitrogens with zero attached hydrogens (tertiary/aromatic N) is 5. The van der Waals surface area contributed by atoms with Crippen LogP contribution in [0.1, 0.15) is 42.9 Å². The number of piperidine rings is 1. The van der Waals surface area contributed by atoms with Crippen molar-refractivity contribution in [1.82, 2.24) is 29.8 Å². The van der Waals surface area contributed by atoms with Crippen molar-refractivity contribution < 1.29 is 9.59 Å². The number of nitrogens with one attached hydrogen (secondary N) is 2. The first-order valence-corrected chi connectivity index (χ1v) is 11.6. The Morgan fingerprint density at radius 1 is 1.31 bits per heavy atom. The van der Waals surface area contributed by atoms with Gasteiger partial charge in [-0.2, -0.15) is 9.61 Å². The van der Waals surface area contributed by atoms with Crippen LogP contribution < -0.4 is 10.6 Å². The van der Waals surface area contributed by atoms with Crippen LogP contribution in [0.2, 0.25) is 0 Å². The maximum atomic E-state index is 12.9. The standard InChI is InChI=1S/C22H24BrN7O2/c23-16-12-26-30-19(25-11-14-3-1-7-24-10-14)9-18(28-21(16)30)15-4-2-8-29(13-15)22(32)17-5-6-20(31)27-17/h1,3,7,9-10,12,15,17,25H,2,4-6,8,11,13H2,(H,27,31). The number of carbonyl (C=O) groups excluding carboxylic acids is 2. The lowest BCUT2D eigenvalue weighted by molar-refractivity contribution is -0.135. The Hall–Kier alpha value is -3.01. The number of amides is 2. The molecule has 9 nitrogen and oxygen atoms in total. The van der Waals surface area contributed by atoms with Crippen molar-refractivity contribution in [2.45, 2.75) is 44.2 Å². The molecule has 2 atom stereocenters. The minimum Gasteiger partial charge on any atom is -0.366 e. The zero-order valence-electron chi connectivity index (χ0n) is 17.5. The number of aromatic nitrogens is 4. The molecule has 2 unspecified atom stereocenters. The second-order valence-electron chi connectivity index (χ2n) is 8.29. The normalized spacial score (nSPS) is 21.0. The average Bonchev–Trinajstić information content (AvgIpc) is 3.43. The van der Waals surface area contributed by atoms with Gasteiger partial charge in [0.05, 0.1) is 16.4 Å². The summed E-state index contributed by atoms with van der Waals surface area (Å²) >= 11 is 3.55. The summed E-state index contributed by atoms with van der Waals surface area (Å²) in [6, 6.07) is 5.57. The number of rotatable bonds is 5. The molecule has 0 radical (unpaired) electrons. The van der Waals surface area contributed by atoms with Crippen LogP contribution in [0.5, 0.6) is 0 Å². The zero-order valence-corrected chi connectivity index (χ0v) is 19.1. The Morgan fingerprint density at radius 3 is 3.00 bits per heavy atom. The van der Waals surface area contributed by atoms with Gasteiger partial charge in [-0.25, -0.2) is 4.98 Å². The molecule has 0 bridgehead atoms. The van der Waals surface area contributed by atoms with Crippen molar-refractivity contribution in [3.63, 3.8) is 0 Å². The number of hydrogen-bond donors (Lipinski definition) is 2. The van der Waals surface area contributed by atoms with Crippen LogP contribution in [-0.2, 0) is 16.1 Å². The quantitative estimate of drug-likeness (QED) is 0.560. The van der Waals surface area contributed by atoms with Crippen LogP contribution in [0, 0.1) is 0 Å². The van der Waals surface area contributed by atoms with Gasteiger partial charge in [-0.05, 0) is 46.8 Å². The average molecular weight is 498 g/mol. The lowest BCUT2D eigenvalue weighted by Gasteiger charge is -2.34. The first-order valence-electron chi connectivity index (χ1n) is 10.8.